The van der Waals surface area contributed by atoms with Crippen molar-refractivity contribution in [1.82, 2.24) is 4.98 Å². The standard InChI is InChI=1S/C15H12ClN3O5/c1-9(24-15(21)10-3-2-6-17-8-10)14(20)18-13-7-11(19(22)23)4-5-12(13)16/h2-9H,1H3,(H,18,20). The zero-order chi connectivity index (χ0) is 17.7. The fourth-order valence-electron chi connectivity index (χ4n) is 1.72. The zero-order valence-corrected chi connectivity index (χ0v) is 13.2. The molecule has 8 nitrogen and oxygen atoms in total. The van der Waals surface area contributed by atoms with Crippen LogP contribution >= 0.6 is 11.6 Å². The molecule has 124 valence electrons. The van der Waals surface area contributed by atoms with Gasteiger partial charge >= 0.3 is 5.97 Å². The van der Waals surface area contributed by atoms with Gasteiger partial charge in [-0.1, -0.05) is 11.6 Å². The Morgan fingerprint density at radius 2 is 2.12 bits per heavy atom. The lowest BCUT2D eigenvalue weighted by Gasteiger charge is -2.14. The Morgan fingerprint density at radius 1 is 1.38 bits per heavy atom. The van der Waals surface area contributed by atoms with Gasteiger partial charge in [0.1, 0.15) is 0 Å². The molecule has 9 heteroatoms. The third-order valence-electron chi connectivity index (χ3n) is 2.97. The lowest BCUT2D eigenvalue weighted by Crippen LogP contribution is -2.30. The van der Waals surface area contributed by atoms with E-state index >= 15 is 0 Å². The fourth-order valence-corrected chi connectivity index (χ4v) is 1.89. The van der Waals surface area contributed by atoms with Crippen molar-refractivity contribution in [2.45, 2.75) is 13.0 Å². The van der Waals surface area contributed by atoms with Crippen LogP contribution in [0.25, 0.3) is 0 Å². The van der Waals surface area contributed by atoms with Crippen LogP contribution in [0.4, 0.5) is 11.4 Å². The van der Waals surface area contributed by atoms with Gasteiger partial charge in [0.05, 0.1) is 21.2 Å². The summed E-state index contributed by atoms with van der Waals surface area (Å²) in [5, 5.41) is 13.3. The van der Waals surface area contributed by atoms with E-state index in [4.69, 9.17) is 16.3 Å². The van der Waals surface area contributed by atoms with Crippen LogP contribution in [0.5, 0.6) is 0 Å². The molecular weight excluding hydrogens is 338 g/mol. The maximum atomic E-state index is 12.1. The average Bonchev–Trinajstić information content (AvgIpc) is 2.57. The largest absolute Gasteiger partial charge is 0.449 e. The highest BCUT2D eigenvalue weighted by atomic mass is 35.5. The minimum atomic E-state index is -1.13. The summed E-state index contributed by atoms with van der Waals surface area (Å²) in [5.74, 6) is -1.38. The van der Waals surface area contributed by atoms with E-state index in [-0.39, 0.29) is 22.0 Å². The van der Waals surface area contributed by atoms with Crippen molar-refractivity contribution in [1.29, 1.82) is 0 Å². The molecule has 0 saturated heterocycles. The molecule has 24 heavy (non-hydrogen) atoms. The normalized spacial score (nSPS) is 11.4. The number of halogens is 1. The molecule has 0 aliphatic rings. The van der Waals surface area contributed by atoms with E-state index in [0.29, 0.717) is 0 Å². The predicted molar refractivity (Wildman–Crippen MR) is 85.9 cm³/mol. The third-order valence-corrected chi connectivity index (χ3v) is 3.30. The SMILES string of the molecule is CC(OC(=O)c1cccnc1)C(=O)Nc1cc([N+](=O)[O-])ccc1Cl. The van der Waals surface area contributed by atoms with E-state index < -0.39 is 22.9 Å². The van der Waals surface area contributed by atoms with Crippen LogP contribution in [0.3, 0.4) is 0 Å². The fraction of sp³-hybridized carbons (Fsp3) is 0.133. The number of hydrogen-bond acceptors (Lipinski definition) is 6. The van der Waals surface area contributed by atoms with Gasteiger partial charge in [-0.2, -0.15) is 0 Å². The summed E-state index contributed by atoms with van der Waals surface area (Å²) < 4.78 is 5.02. The van der Waals surface area contributed by atoms with Crippen LogP contribution in [0.15, 0.2) is 42.7 Å². The molecule has 1 unspecified atom stereocenters. The molecule has 2 aromatic rings. The Hall–Kier alpha value is -3.00. The summed E-state index contributed by atoms with van der Waals surface area (Å²) in [6.07, 6.45) is 1.68. The summed E-state index contributed by atoms with van der Waals surface area (Å²) >= 11 is 5.90. The number of ether oxygens (including phenoxy) is 1. The number of hydrogen-bond donors (Lipinski definition) is 1. The molecule has 0 spiro atoms. The van der Waals surface area contributed by atoms with Crippen LogP contribution in [-0.4, -0.2) is 27.9 Å². The lowest BCUT2D eigenvalue weighted by molar-refractivity contribution is -0.384. The first kappa shape index (κ1) is 17.4. The minimum absolute atomic E-state index is 0.0557. The monoisotopic (exact) mass is 349 g/mol. The van der Waals surface area contributed by atoms with E-state index in [1.165, 1.54) is 37.5 Å². The van der Waals surface area contributed by atoms with Crippen LogP contribution in [0.2, 0.25) is 5.02 Å². The molecule has 0 fully saturated rings. The first-order valence-corrected chi connectivity index (χ1v) is 7.12. The predicted octanol–water partition coefficient (Wildman–Crippen LogP) is 2.83. The smallest absolute Gasteiger partial charge is 0.340 e. The zero-order valence-electron chi connectivity index (χ0n) is 12.4. The number of nitro benzene ring substituents is 1. The van der Waals surface area contributed by atoms with Crippen molar-refractivity contribution in [2.24, 2.45) is 0 Å². The van der Waals surface area contributed by atoms with E-state index in [0.717, 1.165) is 6.07 Å². The van der Waals surface area contributed by atoms with Crippen molar-refractivity contribution < 1.29 is 19.2 Å². The number of rotatable bonds is 5. The molecular formula is C15H12ClN3O5. The van der Waals surface area contributed by atoms with E-state index in [1.807, 2.05) is 0 Å². The summed E-state index contributed by atoms with van der Waals surface area (Å²) in [6.45, 7) is 1.37. The molecule has 2 rings (SSSR count). The topological polar surface area (TPSA) is 111 Å². The Morgan fingerprint density at radius 3 is 2.75 bits per heavy atom. The van der Waals surface area contributed by atoms with Crippen molar-refractivity contribution in [3.05, 3.63) is 63.4 Å². The molecule has 0 aliphatic heterocycles. The number of nitro groups is 1. The molecule has 1 heterocycles. The highest BCUT2D eigenvalue weighted by molar-refractivity contribution is 6.33. The molecule has 1 aromatic heterocycles. The molecule has 1 N–H and O–H groups in total. The number of non-ortho nitro benzene ring substituents is 1. The highest BCUT2D eigenvalue weighted by Gasteiger charge is 2.21. The maximum absolute atomic E-state index is 12.1. The number of amides is 1. The number of carbonyl (C=O) groups excluding carboxylic acids is 2. The summed E-state index contributed by atoms with van der Waals surface area (Å²) in [7, 11) is 0. The van der Waals surface area contributed by atoms with Gasteiger partial charge in [-0.05, 0) is 25.1 Å². The second kappa shape index (κ2) is 7.51. The molecule has 0 saturated carbocycles. The highest BCUT2D eigenvalue weighted by Crippen LogP contribution is 2.26. The number of pyridine rings is 1. The number of esters is 1. The number of nitrogens with one attached hydrogen (secondary N) is 1. The Balaban J connectivity index is 2.05. The van der Waals surface area contributed by atoms with Crippen LogP contribution in [-0.2, 0) is 9.53 Å². The average molecular weight is 350 g/mol. The summed E-state index contributed by atoms with van der Waals surface area (Å²) in [6, 6.07) is 6.68. The second-order valence-corrected chi connectivity index (χ2v) is 5.11. The lowest BCUT2D eigenvalue weighted by atomic mass is 10.2. The quantitative estimate of drug-likeness (QED) is 0.504. The van der Waals surface area contributed by atoms with Gasteiger partial charge in [0.25, 0.3) is 11.6 Å². The number of anilines is 1. The molecule has 0 bridgehead atoms. The van der Waals surface area contributed by atoms with Gasteiger partial charge in [0, 0.05) is 24.5 Å². The van der Waals surface area contributed by atoms with Crippen molar-refractivity contribution >= 4 is 34.9 Å². The van der Waals surface area contributed by atoms with Gasteiger partial charge in [-0.15, -0.1) is 0 Å². The van der Waals surface area contributed by atoms with Gasteiger partial charge < -0.3 is 10.1 Å². The van der Waals surface area contributed by atoms with Crippen LogP contribution < -0.4 is 5.32 Å². The van der Waals surface area contributed by atoms with E-state index in [9.17, 15) is 19.7 Å². The van der Waals surface area contributed by atoms with Crippen molar-refractivity contribution in [2.75, 3.05) is 5.32 Å². The number of carbonyl (C=O) groups is 2. The Labute approximate surface area is 141 Å². The molecule has 1 aromatic carbocycles. The van der Waals surface area contributed by atoms with Crippen LogP contribution in [0.1, 0.15) is 17.3 Å². The maximum Gasteiger partial charge on any atom is 0.340 e. The van der Waals surface area contributed by atoms with Gasteiger partial charge in [-0.3, -0.25) is 19.9 Å². The Bertz CT molecular complexity index is 782. The summed E-state index contributed by atoms with van der Waals surface area (Å²) in [5.41, 5.74) is 0.0281. The second-order valence-electron chi connectivity index (χ2n) is 4.70. The number of nitrogens with zero attached hydrogens (tertiary/aromatic N) is 2. The molecule has 1 amide bonds. The van der Waals surface area contributed by atoms with Crippen LogP contribution in [0, 0.1) is 10.1 Å². The third kappa shape index (κ3) is 4.26. The molecule has 0 aliphatic carbocycles. The number of benzene rings is 1. The Kier molecular flexibility index (Phi) is 5.43. The summed E-state index contributed by atoms with van der Waals surface area (Å²) in [4.78, 5) is 37.9. The van der Waals surface area contributed by atoms with Gasteiger partial charge in [0.2, 0.25) is 0 Å². The first-order valence-electron chi connectivity index (χ1n) is 6.74. The van der Waals surface area contributed by atoms with Crippen molar-refractivity contribution in [3.8, 4) is 0 Å². The van der Waals surface area contributed by atoms with Crippen molar-refractivity contribution in [3.63, 3.8) is 0 Å². The first-order chi connectivity index (χ1) is 11.4. The molecule has 1 atom stereocenters. The minimum Gasteiger partial charge on any atom is -0.449 e. The van der Waals surface area contributed by atoms with Gasteiger partial charge in [-0.25, -0.2) is 4.79 Å². The number of aromatic nitrogens is 1. The molecule has 0 radical (unpaired) electrons. The van der Waals surface area contributed by atoms with E-state index in [1.54, 1.807) is 6.07 Å². The van der Waals surface area contributed by atoms with E-state index in [2.05, 4.69) is 10.3 Å². The van der Waals surface area contributed by atoms with Gasteiger partial charge in [0.15, 0.2) is 6.10 Å².